The van der Waals surface area contributed by atoms with Crippen molar-refractivity contribution in [3.05, 3.63) is 118 Å². The van der Waals surface area contributed by atoms with E-state index < -0.39 is 16.9 Å². The predicted molar refractivity (Wildman–Crippen MR) is 170 cm³/mol. The highest BCUT2D eigenvalue weighted by molar-refractivity contribution is 7.07. The Hall–Kier alpha value is -5.43. The molecule has 0 unspecified atom stereocenters. The molecule has 13 heteroatoms. The van der Waals surface area contributed by atoms with E-state index in [1.807, 2.05) is 0 Å². The molecule has 0 amide bonds. The summed E-state index contributed by atoms with van der Waals surface area (Å²) in [6.07, 6.45) is 1.72. The van der Waals surface area contributed by atoms with Crippen LogP contribution in [0.4, 0.5) is 5.69 Å². The zero-order chi connectivity index (χ0) is 33.0. The Morgan fingerprint density at radius 1 is 1.00 bits per heavy atom. The molecule has 0 bridgehead atoms. The Morgan fingerprint density at radius 3 is 2.39 bits per heavy atom. The summed E-state index contributed by atoms with van der Waals surface area (Å²) in [5.74, 6) is 1.31. The number of nitrogens with zero attached hydrogens (tertiary/aromatic N) is 3. The van der Waals surface area contributed by atoms with Gasteiger partial charge in [-0.2, -0.15) is 0 Å². The van der Waals surface area contributed by atoms with E-state index in [0.717, 1.165) is 5.56 Å². The fraction of sp³-hybridized carbons (Fsp3) is 0.242. The van der Waals surface area contributed by atoms with Crippen LogP contribution < -0.4 is 33.8 Å². The van der Waals surface area contributed by atoms with Crippen molar-refractivity contribution in [3.63, 3.8) is 0 Å². The largest absolute Gasteiger partial charge is 0.497 e. The first-order valence-electron chi connectivity index (χ1n) is 14.1. The minimum Gasteiger partial charge on any atom is -0.497 e. The molecule has 2 heterocycles. The molecule has 0 saturated heterocycles. The van der Waals surface area contributed by atoms with Gasteiger partial charge in [-0.25, -0.2) is 9.79 Å². The van der Waals surface area contributed by atoms with Gasteiger partial charge in [-0.05, 0) is 67.4 Å². The van der Waals surface area contributed by atoms with E-state index in [0.29, 0.717) is 49.2 Å². The molecule has 4 aromatic rings. The topological polar surface area (TPSA) is 141 Å². The predicted octanol–water partition coefficient (Wildman–Crippen LogP) is 4.31. The molecule has 0 saturated carbocycles. The number of esters is 1. The maximum Gasteiger partial charge on any atom is 0.338 e. The van der Waals surface area contributed by atoms with E-state index in [-0.39, 0.29) is 30.0 Å². The molecule has 5 rings (SSSR count). The SMILES string of the molecule is CCOC(=O)C1=C(C)N=c2s/c(=C\c3ccc(OCc4ccc([N+](=O)[O-])cc4)c(OC)c3)c(=O)n2[C@@H]1c1ccc(OC)cc1OC. The molecule has 0 fully saturated rings. The third-order valence-electron chi connectivity index (χ3n) is 7.28. The summed E-state index contributed by atoms with van der Waals surface area (Å²) in [5, 5.41) is 10.9. The number of benzene rings is 3. The Bertz CT molecular complexity index is 2010. The second kappa shape index (κ2) is 13.7. The zero-order valence-corrected chi connectivity index (χ0v) is 26.6. The lowest BCUT2D eigenvalue weighted by Gasteiger charge is -2.26. The fourth-order valence-corrected chi connectivity index (χ4v) is 6.10. The van der Waals surface area contributed by atoms with Crippen molar-refractivity contribution in [1.29, 1.82) is 0 Å². The molecule has 12 nitrogen and oxygen atoms in total. The summed E-state index contributed by atoms with van der Waals surface area (Å²) in [7, 11) is 4.56. The molecule has 1 aromatic heterocycles. The fourth-order valence-electron chi connectivity index (χ4n) is 5.05. The second-order valence-electron chi connectivity index (χ2n) is 10.0. The van der Waals surface area contributed by atoms with Gasteiger partial charge in [-0.3, -0.25) is 19.5 Å². The number of carbonyl (C=O) groups is 1. The van der Waals surface area contributed by atoms with Gasteiger partial charge in [0.25, 0.3) is 11.2 Å². The van der Waals surface area contributed by atoms with Crippen LogP contribution in [0, 0.1) is 10.1 Å². The lowest BCUT2D eigenvalue weighted by molar-refractivity contribution is -0.384. The number of nitro groups is 1. The van der Waals surface area contributed by atoms with E-state index >= 15 is 0 Å². The number of hydrogen-bond acceptors (Lipinski definition) is 11. The van der Waals surface area contributed by atoms with Gasteiger partial charge in [-0.15, -0.1) is 0 Å². The quantitative estimate of drug-likeness (QED) is 0.133. The van der Waals surface area contributed by atoms with Crippen LogP contribution in [0.1, 0.15) is 36.6 Å². The number of rotatable bonds is 11. The number of non-ortho nitro benzene ring substituents is 1. The third kappa shape index (κ3) is 6.35. The van der Waals surface area contributed by atoms with Crippen LogP contribution in [0.2, 0.25) is 0 Å². The van der Waals surface area contributed by atoms with E-state index in [4.69, 9.17) is 23.7 Å². The molecule has 0 aliphatic carbocycles. The summed E-state index contributed by atoms with van der Waals surface area (Å²) in [5.41, 5.74) is 2.31. The summed E-state index contributed by atoms with van der Waals surface area (Å²) < 4.78 is 29.8. The van der Waals surface area contributed by atoms with E-state index in [2.05, 4.69) is 4.99 Å². The van der Waals surface area contributed by atoms with Gasteiger partial charge in [0.1, 0.15) is 24.1 Å². The van der Waals surface area contributed by atoms with E-state index in [9.17, 15) is 19.7 Å². The maximum absolute atomic E-state index is 14.0. The van der Waals surface area contributed by atoms with Gasteiger partial charge in [0, 0.05) is 23.8 Å². The van der Waals surface area contributed by atoms with E-state index in [1.165, 1.54) is 49.4 Å². The summed E-state index contributed by atoms with van der Waals surface area (Å²) in [6.45, 7) is 3.75. The molecular weight excluding hydrogens is 614 g/mol. The van der Waals surface area contributed by atoms with Crippen molar-refractivity contribution < 1.29 is 33.4 Å². The Labute approximate surface area is 267 Å². The average molecular weight is 646 g/mol. The lowest BCUT2D eigenvalue weighted by Crippen LogP contribution is -2.40. The van der Waals surface area contributed by atoms with Crippen molar-refractivity contribution in [3.8, 4) is 23.0 Å². The lowest BCUT2D eigenvalue weighted by atomic mass is 9.95. The van der Waals surface area contributed by atoms with Crippen molar-refractivity contribution in [1.82, 2.24) is 4.57 Å². The second-order valence-corrected chi connectivity index (χ2v) is 11.0. The standard InChI is InChI=1S/C33H31N3O9S/c1-6-44-32(38)29-19(2)34-33-35(30(29)24-13-12-23(41-3)17-26(24)42-4)31(37)28(46-33)16-21-9-14-25(27(15-21)43-5)45-18-20-7-10-22(11-8-20)36(39)40/h7-17,30H,6,18H2,1-5H3/b28-16-/t30-/m1/s1. The number of methoxy groups -OCH3 is 3. The highest BCUT2D eigenvalue weighted by atomic mass is 32.1. The van der Waals surface area contributed by atoms with Gasteiger partial charge in [0.2, 0.25) is 0 Å². The van der Waals surface area contributed by atoms with Crippen LogP contribution in [0.5, 0.6) is 23.0 Å². The first-order chi connectivity index (χ1) is 22.2. The number of thiazole rings is 1. The number of hydrogen-bond donors (Lipinski definition) is 0. The number of ether oxygens (including phenoxy) is 5. The van der Waals surface area contributed by atoms with Gasteiger partial charge in [-0.1, -0.05) is 17.4 Å². The molecule has 1 aliphatic rings. The van der Waals surface area contributed by atoms with Crippen LogP contribution >= 0.6 is 11.3 Å². The van der Waals surface area contributed by atoms with Crippen LogP contribution in [0.3, 0.4) is 0 Å². The number of allylic oxidation sites excluding steroid dienone is 1. The molecule has 0 N–H and O–H groups in total. The molecule has 3 aromatic carbocycles. The van der Waals surface area contributed by atoms with Crippen molar-refractivity contribution in [2.75, 3.05) is 27.9 Å². The van der Waals surface area contributed by atoms with Crippen LogP contribution in [0.15, 0.2) is 81.7 Å². The minimum absolute atomic E-state index is 0.00213. The number of nitro benzene ring substituents is 1. The molecule has 0 spiro atoms. The Balaban J connectivity index is 1.54. The third-order valence-corrected chi connectivity index (χ3v) is 8.26. The first-order valence-corrected chi connectivity index (χ1v) is 15.0. The van der Waals surface area contributed by atoms with Crippen LogP contribution in [-0.2, 0) is 16.1 Å². The van der Waals surface area contributed by atoms with Crippen LogP contribution in [0.25, 0.3) is 6.08 Å². The number of aromatic nitrogens is 1. The molecule has 46 heavy (non-hydrogen) atoms. The first kappa shape index (κ1) is 32.0. The average Bonchev–Trinajstić information content (AvgIpc) is 3.36. The Morgan fingerprint density at radius 2 is 1.74 bits per heavy atom. The Kier molecular flexibility index (Phi) is 9.52. The van der Waals surface area contributed by atoms with Crippen molar-refractivity contribution >= 4 is 29.1 Å². The summed E-state index contributed by atoms with van der Waals surface area (Å²) in [4.78, 5) is 42.8. The van der Waals surface area contributed by atoms with Gasteiger partial charge in [0.05, 0.1) is 48.7 Å². The van der Waals surface area contributed by atoms with Gasteiger partial charge < -0.3 is 23.7 Å². The van der Waals surface area contributed by atoms with E-state index in [1.54, 1.807) is 68.5 Å². The maximum atomic E-state index is 14.0. The highest BCUT2D eigenvalue weighted by Crippen LogP contribution is 2.37. The minimum atomic E-state index is -0.858. The van der Waals surface area contributed by atoms with Crippen molar-refractivity contribution in [2.24, 2.45) is 4.99 Å². The van der Waals surface area contributed by atoms with Gasteiger partial charge in [0.15, 0.2) is 16.3 Å². The zero-order valence-electron chi connectivity index (χ0n) is 25.8. The summed E-state index contributed by atoms with van der Waals surface area (Å²) >= 11 is 1.19. The number of fused-ring (bicyclic) bond motifs is 1. The molecule has 238 valence electrons. The van der Waals surface area contributed by atoms with Crippen LogP contribution in [-0.4, -0.2) is 43.4 Å². The molecule has 0 radical (unpaired) electrons. The highest BCUT2D eigenvalue weighted by Gasteiger charge is 2.35. The normalized spacial score (nSPS) is 14.3. The van der Waals surface area contributed by atoms with Crippen molar-refractivity contribution in [2.45, 2.75) is 26.5 Å². The van der Waals surface area contributed by atoms with Gasteiger partial charge >= 0.3 is 5.97 Å². The summed E-state index contributed by atoms with van der Waals surface area (Å²) in [6, 6.07) is 15.7. The molecular formula is C33H31N3O9S. The smallest absolute Gasteiger partial charge is 0.338 e. The molecule has 1 aliphatic heterocycles. The monoisotopic (exact) mass is 645 g/mol. The molecule has 1 atom stereocenters. The number of carbonyl (C=O) groups excluding carboxylic acids is 1.